The summed E-state index contributed by atoms with van der Waals surface area (Å²) in [7, 11) is 0. The Kier molecular flexibility index (Phi) is 7.11. The van der Waals surface area contributed by atoms with Crippen molar-refractivity contribution in [3.63, 3.8) is 0 Å². The summed E-state index contributed by atoms with van der Waals surface area (Å²) in [5.41, 5.74) is 9.33. The van der Waals surface area contributed by atoms with Crippen LogP contribution in [0.3, 0.4) is 0 Å². The molecule has 166 valence electrons. The van der Waals surface area contributed by atoms with Gasteiger partial charge in [0, 0.05) is 30.1 Å². The molecule has 0 atom stereocenters. The predicted octanol–water partition coefficient (Wildman–Crippen LogP) is 3.30. The van der Waals surface area contributed by atoms with E-state index in [9.17, 15) is 9.59 Å². The van der Waals surface area contributed by atoms with E-state index in [1.165, 1.54) is 11.3 Å². The van der Waals surface area contributed by atoms with Gasteiger partial charge in [0.25, 0.3) is 5.91 Å². The van der Waals surface area contributed by atoms with Crippen LogP contribution in [0.25, 0.3) is 0 Å². The first-order valence-electron chi connectivity index (χ1n) is 10.1. The SMILES string of the molecule is CC(C)(C)OC(=O)NC1CCN(C(=O)c2ccc(C=NNc3nc(N)cs3)cc2)CC1. The molecule has 0 bridgehead atoms. The van der Waals surface area contributed by atoms with Gasteiger partial charge in [-0.15, -0.1) is 11.3 Å². The van der Waals surface area contributed by atoms with Crippen LogP contribution in [-0.4, -0.2) is 52.8 Å². The number of benzene rings is 1. The molecule has 3 rings (SSSR count). The summed E-state index contributed by atoms with van der Waals surface area (Å²) in [6.45, 7) is 6.67. The third-order valence-electron chi connectivity index (χ3n) is 4.56. The number of hydrogen-bond donors (Lipinski definition) is 3. The second-order valence-corrected chi connectivity index (χ2v) is 9.14. The molecule has 9 nitrogen and oxygen atoms in total. The number of thiazole rings is 1. The number of piperidine rings is 1. The van der Waals surface area contributed by atoms with Crippen LogP contribution in [0, 0.1) is 0 Å². The highest BCUT2D eigenvalue weighted by atomic mass is 32.1. The van der Waals surface area contributed by atoms with E-state index < -0.39 is 11.7 Å². The number of aromatic nitrogens is 1. The molecule has 31 heavy (non-hydrogen) atoms. The summed E-state index contributed by atoms with van der Waals surface area (Å²) in [5, 5.41) is 9.35. The highest BCUT2D eigenvalue weighted by Crippen LogP contribution is 2.17. The van der Waals surface area contributed by atoms with Gasteiger partial charge in [0.15, 0.2) is 0 Å². The zero-order valence-electron chi connectivity index (χ0n) is 17.9. The van der Waals surface area contributed by atoms with Gasteiger partial charge in [-0.3, -0.25) is 10.2 Å². The monoisotopic (exact) mass is 444 g/mol. The summed E-state index contributed by atoms with van der Waals surface area (Å²) >= 11 is 1.37. The number of nitrogens with zero attached hydrogens (tertiary/aromatic N) is 3. The van der Waals surface area contributed by atoms with Crippen LogP contribution in [0.15, 0.2) is 34.7 Å². The molecule has 1 aromatic heterocycles. The van der Waals surface area contributed by atoms with Crippen molar-refractivity contribution in [2.45, 2.75) is 45.3 Å². The second-order valence-electron chi connectivity index (χ2n) is 8.28. The number of likely N-dealkylation sites (tertiary alicyclic amines) is 1. The molecule has 1 fully saturated rings. The fraction of sp³-hybridized carbons (Fsp3) is 0.429. The number of nitrogens with two attached hydrogens (primary N) is 1. The van der Waals surface area contributed by atoms with Crippen molar-refractivity contribution in [1.29, 1.82) is 0 Å². The molecule has 0 spiro atoms. The molecule has 1 aliphatic rings. The number of anilines is 2. The molecule has 0 saturated carbocycles. The van der Waals surface area contributed by atoms with E-state index in [-0.39, 0.29) is 11.9 Å². The largest absolute Gasteiger partial charge is 0.444 e. The number of hydrogen-bond acceptors (Lipinski definition) is 8. The maximum Gasteiger partial charge on any atom is 0.407 e. The molecule has 0 radical (unpaired) electrons. The van der Waals surface area contributed by atoms with Crippen LogP contribution in [0.2, 0.25) is 0 Å². The van der Waals surface area contributed by atoms with Gasteiger partial charge in [-0.05, 0) is 51.3 Å². The van der Waals surface area contributed by atoms with Crippen LogP contribution < -0.4 is 16.5 Å². The molecule has 2 amide bonds. The minimum absolute atomic E-state index is 0.0122. The zero-order valence-corrected chi connectivity index (χ0v) is 18.7. The Morgan fingerprint density at radius 2 is 1.94 bits per heavy atom. The van der Waals surface area contributed by atoms with Gasteiger partial charge in [-0.1, -0.05) is 12.1 Å². The molecule has 2 heterocycles. The number of nitrogens with one attached hydrogen (secondary N) is 2. The third kappa shape index (κ3) is 6.95. The first-order chi connectivity index (χ1) is 14.7. The van der Waals surface area contributed by atoms with Gasteiger partial charge in [-0.2, -0.15) is 5.10 Å². The van der Waals surface area contributed by atoms with Gasteiger partial charge in [0.05, 0.1) is 6.21 Å². The van der Waals surface area contributed by atoms with E-state index in [0.29, 0.717) is 42.4 Å². The summed E-state index contributed by atoms with van der Waals surface area (Å²) in [6, 6.07) is 7.27. The molecule has 4 N–H and O–H groups in total. The average Bonchev–Trinajstić information content (AvgIpc) is 3.12. The molecule has 0 unspecified atom stereocenters. The molecule has 2 aromatic rings. The smallest absolute Gasteiger partial charge is 0.407 e. The van der Waals surface area contributed by atoms with Gasteiger partial charge < -0.3 is 20.7 Å². The fourth-order valence-electron chi connectivity index (χ4n) is 3.10. The zero-order chi connectivity index (χ0) is 22.4. The number of hydrazone groups is 1. The number of rotatable bonds is 5. The van der Waals surface area contributed by atoms with Gasteiger partial charge >= 0.3 is 6.09 Å². The lowest BCUT2D eigenvalue weighted by Gasteiger charge is -2.33. The Labute approximate surface area is 185 Å². The summed E-state index contributed by atoms with van der Waals surface area (Å²) < 4.78 is 5.30. The lowest BCUT2D eigenvalue weighted by atomic mass is 10.0. The van der Waals surface area contributed by atoms with Crippen LogP contribution in [0.1, 0.15) is 49.5 Å². The van der Waals surface area contributed by atoms with E-state index >= 15 is 0 Å². The van der Waals surface area contributed by atoms with Crippen LogP contribution in [-0.2, 0) is 4.74 Å². The molecular formula is C21H28N6O3S. The van der Waals surface area contributed by atoms with Crippen LogP contribution in [0.4, 0.5) is 15.7 Å². The van der Waals surface area contributed by atoms with E-state index in [2.05, 4.69) is 20.8 Å². The molecule has 1 aromatic carbocycles. The molecular weight excluding hydrogens is 416 g/mol. The van der Waals surface area contributed by atoms with Crippen molar-refractivity contribution < 1.29 is 14.3 Å². The number of alkyl carbamates (subject to hydrolysis) is 1. The van der Waals surface area contributed by atoms with E-state index in [4.69, 9.17) is 10.5 Å². The van der Waals surface area contributed by atoms with Crippen molar-refractivity contribution in [1.82, 2.24) is 15.2 Å². The Bertz CT molecular complexity index is 927. The highest BCUT2D eigenvalue weighted by molar-refractivity contribution is 7.14. The lowest BCUT2D eigenvalue weighted by molar-refractivity contribution is 0.0473. The molecule has 0 aliphatic carbocycles. The number of nitrogen functional groups attached to an aromatic ring is 1. The van der Waals surface area contributed by atoms with Gasteiger partial charge in [-0.25, -0.2) is 9.78 Å². The minimum Gasteiger partial charge on any atom is -0.444 e. The third-order valence-corrected chi connectivity index (χ3v) is 5.32. The van der Waals surface area contributed by atoms with Crippen LogP contribution >= 0.6 is 11.3 Å². The quantitative estimate of drug-likeness (QED) is 0.480. The Balaban J connectivity index is 1.46. The Morgan fingerprint density at radius 1 is 1.26 bits per heavy atom. The van der Waals surface area contributed by atoms with E-state index in [0.717, 1.165) is 5.56 Å². The topological polar surface area (TPSA) is 122 Å². The minimum atomic E-state index is -0.525. The van der Waals surface area contributed by atoms with Crippen molar-refractivity contribution >= 4 is 40.5 Å². The number of amides is 2. The first kappa shape index (κ1) is 22.5. The Morgan fingerprint density at radius 3 is 2.52 bits per heavy atom. The fourth-order valence-corrected chi connectivity index (χ4v) is 3.64. The molecule has 1 saturated heterocycles. The first-order valence-corrected chi connectivity index (χ1v) is 11.0. The summed E-state index contributed by atoms with van der Waals surface area (Å²) in [4.78, 5) is 30.6. The van der Waals surface area contributed by atoms with E-state index in [1.54, 1.807) is 23.7 Å². The maximum atomic E-state index is 12.8. The van der Waals surface area contributed by atoms with Gasteiger partial charge in [0.1, 0.15) is 11.4 Å². The number of ether oxygens (including phenoxy) is 1. The number of carbonyl (C=O) groups excluding carboxylic acids is 2. The predicted molar refractivity (Wildman–Crippen MR) is 122 cm³/mol. The van der Waals surface area contributed by atoms with Crippen molar-refractivity contribution in [3.05, 3.63) is 40.8 Å². The molecule has 1 aliphatic heterocycles. The second kappa shape index (κ2) is 9.78. The standard InChI is InChI=1S/C21H28N6O3S/c1-21(2,3)30-20(29)24-16-8-10-27(11-9-16)18(28)15-6-4-14(5-7-15)12-23-26-19-25-17(22)13-31-19/h4-7,12-13,16H,8-11,22H2,1-3H3,(H,24,29)(H,25,26). The maximum absolute atomic E-state index is 12.8. The normalized spacial score (nSPS) is 15.1. The van der Waals surface area contributed by atoms with Crippen LogP contribution in [0.5, 0.6) is 0 Å². The van der Waals surface area contributed by atoms with E-state index in [1.807, 2.05) is 37.8 Å². The molecule has 10 heteroatoms. The average molecular weight is 445 g/mol. The summed E-state index contributed by atoms with van der Waals surface area (Å²) in [6.07, 6.45) is 2.63. The summed E-state index contributed by atoms with van der Waals surface area (Å²) in [5.74, 6) is 0.436. The highest BCUT2D eigenvalue weighted by Gasteiger charge is 2.26. The van der Waals surface area contributed by atoms with Crippen molar-refractivity contribution in [2.24, 2.45) is 5.10 Å². The Hall–Kier alpha value is -3.14. The van der Waals surface area contributed by atoms with Gasteiger partial charge in [0.2, 0.25) is 5.13 Å². The number of carbonyl (C=O) groups is 2. The lowest BCUT2D eigenvalue weighted by Crippen LogP contribution is -2.47. The van der Waals surface area contributed by atoms with Crippen molar-refractivity contribution in [2.75, 3.05) is 24.2 Å². The van der Waals surface area contributed by atoms with Crippen molar-refractivity contribution in [3.8, 4) is 0 Å².